The Morgan fingerprint density at radius 2 is 2.00 bits per heavy atom. The van der Waals surface area contributed by atoms with Gasteiger partial charge in [-0.3, -0.25) is 4.79 Å². The molecule has 0 saturated carbocycles. The van der Waals surface area contributed by atoms with E-state index in [4.69, 9.17) is 5.73 Å². The van der Waals surface area contributed by atoms with Crippen molar-refractivity contribution in [1.82, 2.24) is 4.90 Å². The number of amides is 1. The van der Waals surface area contributed by atoms with Crippen LogP contribution in [0.3, 0.4) is 0 Å². The number of nitrogens with two attached hydrogens (primary N) is 1. The Bertz CT molecular complexity index is 394. The van der Waals surface area contributed by atoms with E-state index in [1.54, 1.807) is 6.92 Å². The number of nitrogens with zero attached hydrogens (tertiary/aromatic N) is 1. The van der Waals surface area contributed by atoms with Gasteiger partial charge in [-0.2, -0.15) is 0 Å². The lowest BCUT2D eigenvalue weighted by molar-refractivity contribution is -0.132. The summed E-state index contributed by atoms with van der Waals surface area (Å²) in [7, 11) is 0. The summed E-state index contributed by atoms with van der Waals surface area (Å²) < 4.78 is 0. The summed E-state index contributed by atoms with van der Waals surface area (Å²) in [4.78, 5) is 13.9. The van der Waals surface area contributed by atoms with Gasteiger partial charge >= 0.3 is 0 Å². The Kier molecular flexibility index (Phi) is 5.17. The summed E-state index contributed by atoms with van der Waals surface area (Å²) in [5.41, 5.74) is 6.99. The molecule has 100 valence electrons. The third-order valence-corrected chi connectivity index (χ3v) is 3.52. The van der Waals surface area contributed by atoms with Crippen molar-refractivity contribution in [1.29, 1.82) is 0 Å². The molecule has 0 radical (unpaired) electrons. The van der Waals surface area contributed by atoms with Gasteiger partial charge in [0.25, 0.3) is 0 Å². The highest BCUT2D eigenvalue weighted by molar-refractivity contribution is 5.85. The van der Waals surface area contributed by atoms with Crippen LogP contribution in [-0.2, 0) is 4.79 Å². The van der Waals surface area contributed by atoms with Crippen LogP contribution < -0.4 is 5.73 Å². The molecule has 0 aliphatic carbocycles. The number of rotatable bonds is 2. The summed E-state index contributed by atoms with van der Waals surface area (Å²) in [5, 5.41) is 0. The first-order valence-electron chi connectivity index (χ1n) is 6.20. The molecule has 4 heteroatoms. The fraction of sp³-hybridized carbons (Fsp3) is 0.500. The summed E-state index contributed by atoms with van der Waals surface area (Å²) >= 11 is 0. The number of hydrogen-bond acceptors (Lipinski definition) is 2. The molecule has 0 aromatic heterocycles. The third kappa shape index (κ3) is 3.03. The largest absolute Gasteiger partial charge is 0.338 e. The first-order chi connectivity index (χ1) is 8.09. The minimum Gasteiger partial charge on any atom is -0.338 e. The average Bonchev–Trinajstić information content (AvgIpc) is 2.71. The normalized spacial score (nSPS) is 24.5. The van der Waals surface area contributed by atoms with Crippen molar-refractivity contribution in [3.05, 3.63) is 35.9 Å². The van der Waals surface area contributed by atoms with Gasteiger partial charge in [-0.25, -0.2) is 0 Å². The zero-order valence-electron chi connectivity index (χ0n) is 10.9. The lowest BCUT2D eigenvalue weighted by atomic mass is 9.97. The predicted octanol–water partition coefficient (Wildman–Crippen LogP) is 2.16. The lowest BCUT2D eigenvalue weighted by Gasteiger charge is -2.23. The minimum atomic E-state index is -0.396. The molecule has 1 aliphatic rings. The molecule has 1 aliphatic heterocycles. The van der Waals surface area contributed by atoms with Gasteiger partial charge in [-0.15, -0.1) is 12.4 Å². The monoisotopic (exact) mass is 268 g/mol. The van der Waals surface area contributed by atoms with Crippen LogP contribution in [0.1, 0.15) is 31.7 Å². The van der Waals surface area contributed by atoms with Gasteiger partial charge in [0, 0.05) is 18.5 Å². The fourth-order valence-corrected chi connectivity index (χ4v) is 2.57. The van der Waals surface area contributed by atoms with Gasteiger partial charge in [0.05, 0.1) is 6.04 Å². The van der Waals surface area contributed by atoms with E-state index in [0.717, 1.165) is 13.0 Å². The highest BCUT2D eigenvalue weighted by atomic mass is 35.5. The molecular weight excluding hydrogens is 248 g/mol. The summed E-state index contributed by atoms with van der Waals surface area (Å²) in [6.45, 7) is 4.65. The second-order valence-electron chi connectivity index (χ2n) is 4.97. The van der Waals surface area contributed by atoms with Gasteiger partial charge < -0.3 is 10.6 Å². The quantitative estimate of drug-likeness (QED) is 0.894. The van der Waals surface area contributed by atoms with Gasteiger partial charge in [0.15, 0.2) is 0 Å². The van der Waals surface area contributed by atoms with E-state index >= 15 is 0 Å². The van der Waals surface area contributed by atoms with Crippen LogP contribution in [0.5, 0.6) is 0 Å². The molecule has 18 heavy (non-hydrogen) atoms. The Morgan fingerprint density at radius 3 is 2.56 bits per heavy atom. The summed E-state index contributed by atoms with van der Waals surface area (Å²) in [5.74, 6) is 0.518. The Morgan fingerprint density at radius 1 is 1.39 bits per heavy atom. The predicted molar refractivity (Wildman–Crippen MR) is 75.9 cm³/mol. The molecule has 1 amide bonds. The van der Waals surface area contributed by atoms with Gasteiger partial charge in [-0.05, 0) is 25.8 Å². The number of hydrogen-bond donors (Lipinski definition) is 1. The Hall–Kier alpha value is -1.06. The topological polar surface area (TPSA) is 46.3 Å². The number of likely N-dealkylation sites (tertiary alicyclic amines) is 1. The van der Waals surface area contributed by atoms with E-state index in [9.17, 15) is 4.79 Å². The molecular formula is C14H21ClN2O. The van der Waals surface area contributed by atoms with Crippen molar-refractivity contribution in [2.45, 2.75) is 38.3 Å². The fourth-order valence-electron chi connectivity index (χ4n) is 2.57. The van der Waals surface area contributed by atoms with E-state index in [0.29, 0.717) is 12.0 Å². The molecule has 1 saturated heterocycles. The lowest BCUT2D eigenvalue weighted by Crippen LogP contribution is -2.43. The molecule has 3 nitrogen and oxygen atoms in total. The zero-order chi connectivity index (χ0) is 12.4. The third-order valence-electron chi connectivity index (χ3n) is 3.52. The van der Waals surface area contributed by atoms with Crippen LogP contribution in [0.2, 0.25) is 0 Å². The summed E-state index contributed by atoms with van der Waals surface area (Å²) in [6, 6.07) is 10.3. The SMILES string of the molecule is CC1CC(c2ccccc2)CN1C(=O)[C@@H](C)N.Cl. The highest BCUT2D eigenvalue weighted by Crippen LogP contribution is 2.31. The van der Waals surface area contributed by atoms with Crippen molar-refractivity contribution < 1.29 is 4.79 Å². The van der Waals surface area contributed by atoms with Crippen LogP contribution in [0.15, 0.2) is 30.3 Å². The molecule has 1 aromatic rings. The number of benzene rings is 1. The highest BCUT2D eigenvalue weighted by Gasteiger charge is 2.33. The molecule has 1 aromatic carbocycles. The number of halogens is 1. The van der Waals surface area contributed by atoms with Gasteiger partial charge in [0.2, 0.25) is 5.91 Å². The van der Waals surface area contributed by atoms with Gasteiger partial charge in [0.1, 0.15) is 0 Å². The van der Waals surface area contributed by atoms with Crippen molar-refractivity contribution in [2.75, 3.05) is 6.54 Å². The molecule has 2 N–H and O–H groups in total. The van der Waals surface area contributed by atoms with Crippen LogP contribution in [-0.4, -0.2) is 29.4 Å². The smallest absolute Gasteiger partial charge is 0.239 e. The molecule has 1 heterocycles. The van der Waals surface area contributed by atoms with Crippen molar-refractivity contribution in [3.63, 3.8) is 0 Å². The number of carbonyl (C=O) groups excluding carboxylic acids is 1. The van der Waals surface area contributed by atoms with Crippen molar-refractivity contribution in [3.8, 4) is 0 Å². The maximum absolute atomic E-state index is 11.9. The molecule has 0 bridgehead atoms. The van der Waals surface area contributed by atoms with Crippen molar-refractivity contribution in [2.24, 2.45) is 5.73 Å². The maximum atomic E-state index is 11.9. The standard InChI is InChI=1S/C14H20N2O.ClH/c1-10-8-13(12-6-4-3-5-7-12)9-16(10)14(17)11(2)15;/h3-7,10-11,13H,8-9,15H2,1-2H3;1H/t10?,11-,13?;/m1./s1. The Balaban J connectivity index is 0.00000162. The van der Waals surface area contributed by atoms with Crippen LogP contribution in [0.25, 0.3) is 0 Å². The second kappa shape index (κ2) is 6.21. The van der Waals surface area contributed by atoms with E-state index in [2.05, 4.69) is 31.2 Å². The zero-order valence-corrected chi connectivity index (χ0v) is 11.7. The molecule has 3 atom stereocenters. The molecule has 1 fully saturated rings. The van der Waals surface area contributed by atoms with E-state index in [1.807, 2.05) is 11.0 Å². The van der Waals surface area contributed by atoms with E-state index < -0.39 is 6.04 Å². The molecule has 2 rings (SSSR count). The first-order valence-corrected chi connectivity index (χ1v) is 6.20. The van der Waals surface area contributed by atoms with Crippen LogP contribution >= 0.6 is 12.4 Å². The van der Waals surface area contributed by atoms with Crippen molar-refractivity contribution >= 4 is 18.3 Å². The first kappa shape index (κ1) is 15.0. The van der Waals surface area contributed by atoms with Gasteiger partial charge in [-0.1, -0.05) is 30.3 Å². The molecule has 0 spiro atoms. The minimum absolute atomic E-state index is 0. The summed E-state index contributed by atoms with van der Waals surface area (Å²) in [6.07, 6.45) is 1.03. The van der Waals surface area contributed by atoms with E-state index in [-0.39, 0.29) is 18.3 Å². The molecule has 2 unspecified atom stereocenters. The van der Waals surface area contributed by atoms with Crippen LogP contribution in [0, 0.1) is 0 Å². The second-order valence-corrected chi connectivity index (χ2v) is 4.97. The maximum Gasteiger partial charge on any atom is 0.239 e. The Labute approximate surface area is 115 Å². The van der Waals surface area contributed by atoms with Crippen LogP contribution in [0.4, 0.5) is 0 Å². The van der Waals surface area contributed by atoms with E-state index in [1.165, 1.54) is 5.56 Å². The average molecular weight is 269 g/mol. The number of carbonyl (C=O) groups is 1.